The van der Waals surface area contributed by atoms with Gasteiger partial charge in [0.2, 0.25) is 11.8 Å². The third kappa shape index (κ3) is 2.69. The average Bonchev–Trinajstić information content (AvgIpc) is 2.37. The van der Waals surface area contributed by atoms with E-state index in [2.05, 4.69) is 5.32 Å². The molecule has 0 bridgehead atoms. The minimum atomic E-state index is -0.443. The highest BCUT2D eigenvalue weighted by molar-refractivity contribution is 5.96. The van der Waals surface area contributed by atoms with E-state index < -0.39 is 12.1 Å². The van der Waals surface area contributed by atoms with Crippen LogP contribution in [0.3, 0.4) is 0 Å². The van der Waals surface area contributed by atoms with Crippen molar-refractivity contribution >= 4 is 11.8 Å². The molecule has 1 aliphatic heterocycles. The van der Waals surface area contributed by atoms with Crippen molar-refractivity contribution in [2.75, 3.05) is 0 Å². The molecule has 0 spiro atoms. The summed E-state index contributed by atoms with van der Waals surface area (Å²) < 4.78 is 0. The summed E-state index contributed by atoms with van der Waals surface area (Å²) in [5.74, 6) is 0.0303. The van der Waals surface area contributed by atoms with Gasteiger partial charge in [-0.3, -0.25) is 9.59 Å². The van der Waals surface area contributed by atoms with Crippen molar-refractivity contribution in [1.29, 1.82) is 0 Å². The lowest BCUT2D eigenvalue weighted by Gasteiger charge is -2.40. The van der Waals surface area contributed by atoms with Gasteiger partial charge in [-0.25, -0.2) is 0 Å². The third-order valence-corrected chi connectivity index (χ3v) is 3.85. The first-order valence-electron chi connectivity index (χ1n) is 7.07. The second kappa shape index (κ2) is 5.65. The van der Waals surface area contributed by atoms with Crippen molar-refractivity contribution in [3.63, 3.8) is 0 Å². The fourth-order valence-corrected chi connectivity index (χ4v) is 2.70. The first-order chi connectivity index (χ1) is 9.41. The van der Waals surface area contributed by atoms with Crippen LogP contribution >= 0.6 is 0 Å². The Morgan fingerprint density at radius 1 is 1.25 bits per heavy atom. The molecule has 0 radical (unpaired) electrons. The van der Waals surface area contributed by atoms with Crippen LogP contribution in [0.1, 0.15) is 31.9 Å². The second-order valence-corrected chi connectivity index (χ2v) is 5.81. The normalized spacial score (nSPS) is 23.1. The van der Waals surface area contributed by atoms with Crippen molar-refractivity contribution in [1.82, 2.24) is 10.2 Å². The number of nitrogens with zero attached hydrogens (tertiary/aromatic N) is 1. The quantitative estimate of drug-likeness (QED) is 0.914. The third-order valence-electron chi connectivity index (χ3n) is 3.85. The Bertz CT molecular complexity index is 525. The molecule has 20 heavy (non-hydrogen) atoms. The molecular formula is C16H22N2O2. The zero-order chi connectivity index (χ0) is 14.9. The van der Waals surface area contributed by atoms with Gasteiger partial charge in [0, 0.05) is 6.54 Å². The molecule has 1 fully saturated rings. The second-order valence-electron chi connectivity index (χ2n) is 5.81. The van der Waals surface area contributed by atoms with Crippen LogP contribution in [0.2, 0.25) is 0 Å². The van der Waals surface area contributed by atoms with E-state index in [1.54, 1.807) is 11.8 Å². The minimum absolute atomic E-state index is 0.00782. The molecule has 1 aromatic carbocycles. The summed E-state index contributed by atoms with van der Waals surface area (Å²) in [6.45, 7) is 8.20. The van der Waals surface area contributed by atoms with Crippen LogP contribution in [-0.4, -0.2) is 28.8 Å². The molecule has 4 nitrogen and oxygen atoms in total. The smallest absolute Gasteiger partial charge is 0.245 e. The molecule has 0 aliphatic carbocycles. The summed E-state index contributed by atoms with van der Waals surface area (Å²) >= 11 is 0. The zero-order valence-corrected chi connectivity index (χ0v) is 12.5. The number of hydrogen-bond acceptors (Lipinski definition) is 2. The zero-order valence-electron chi connectivity index (χ0n) is 12.5. The van der Waals surface area contributed by atoms with Gasteiger partial charge in [0.25, 0.3) is 0 Å². The Kier molecular flexibility index (Phi) is 4.12. The predicted octanol–water partition coefficient (Wildman–Crippen LogP) is 1.87. The topological polar surface area (TPSA) is 49.4 Å². The molecule has 1 heterocycles. The number of rotatable bonds is 3. The lowest BCUT2D eigenvalue weighted by atomic mass is 9.96. The Balaban J connectivity index is 2.31. The Morgan fingerprint density at radius 3 is 2.50 bits per heavy atom. The van der Waals surface area contributed by atoms with Crippen LogP contribution in [-0.2, 0) is 16.1 Å². The van der Waals surface area contributed by atoms with Gasteiger partial charge in [0.1, 0.15) is 12.1 Å². The molecule has 4 heteroatoms. The monoisotopic (exact) mass is 274 g/mol. The summed E-state index contributed by atoms with van der Waals surface area (Å²) in [5.41, 5.74) is 2.23. The molecule has 2 unspecified atom stereocenters. The van der Waals surface area contributed by atoms with Gasteiger partial charge in [0.15, 0.2) is 0 Å². The molecule has 2 atom stereocenters. The van der Waals surface area contributed by atoms with E-state index in [4.69, 9.17) is 0 Å². The number of hydrogen-bond donors (Lipinski definition) is 1. The summed E-state index contributed by atoms with van der Waals surface area (Å²) in [6, 6.07) is 7.14. The van der Waals surface area contributed by atoms with Gasteiger partial charge in [-0.15, -0.1) is 0 Å². The van der Waals surface area contributed by atoms with Crippen LogP contribution in [0.5, 0.6) is 0 Å². The molecule has 1 N–H and O–H groups in total. The van der Waals surface area contributed by atoms with E-state index in [0.717, 1.165) is 11.1 Å². The first-order valence-corrected chi connectivity index (χ1v) is 7.07. The molecule has 1 aliphatic rings. The van der Waals surface area contributed by atoms with Crippen LogP contribution in [0, 0.1) is 12.8 Å². The average molecular weight is 274 g/mol. The van der Waals surface area contributed by atoms with Crippen molar-refractivity contribution in [2.24, 2.45) is 5.92 Å². The lowest BCUT2D eigenvalue weighted by Crippen LogP contribution is -2.63. The Labute approximate surface area is 120 Å². The number of benzene rings is 1. The number of carbonyl (C=O) groups excluding carboxylic acids is 2. The van der Waals surface area contributed by atoms with Gasteiger partial charge in [-0.05, 0) is 30.9 Å². The van der Waals surface area contributed by atoms with E-state index in [-0.39, 0.29) is 17.7 Å². The highest BCUT2D eigenvalue weighted by atomic mass is 16.2. The molecule has 0 saturated carbocycles. The molecule has 0 aromatic heterocycles. The standard InChI is InChI=1S/C16H22N2O2/c1-10(2)14-15(19)17-12(4)16(20)18(14)9-13-8-6-5-7-11(13)3/h5-8,10,12,14H,9H2,1-4H3,(H,17,19). The Hall–Kier alpha value is -1.84. The first kappa shape index (κ1) is 14.6. The lowest BCUT2D eigenvalue weighted by molar-refractivity contribution is -0.151. The number of amides is 2. The predicted molar refractivity (Wildman–Crippen MR) is 78.0 cm³/mol. The SMILES string of the molecule is Cc1ccccc1CN1C(=O)C(C)NC(=O)C1C(C)C. The Morgan fingerprint density at radius 2 is 1.90 bits per heavy atom. The van der Waals surface area contributed by atoms with E-state index >= 15 is 0 Å². The maximum absolute atomic E-state index is 12.4. The van der Waals surface area contributed by atoms with E-state index in [1.165, 1.54) is 0 Å². The number of piperazine rings is 1. The van der Waals surface area contributed by atoms with E-state index in [9.17, 15) is 9.59 Å². The number of nitrogens with one attached hydrogen (secondary N) is 1. The fourth-order valence-electron chi connectivity index (χ4n) is 2.70. The van der Waals surface area contributed by atoms with Crippen molar-refractivity contribution in [3.8, 4) is 0 Å². The molecule has 1 saturated heterocycles. The van der Waals surface area contributed by atoms with Crippen molar-refractivity contribution in [3.05, 3.63) is 35.4 Å². The van der Waals surface area contributed by atoms with Crippen LogP contribution < -0.4 is 5.32 Å². The van der Waals surface area contributed by atoms with Crippen LogP contribution in [0.15, 0.2) is 24.3 Å². The van der Waals surface area contributed by atoms with Gasteiger partial charge in [-0.1, -0.05) is 38.1 Å². The minimum Gasteiger partial charge on any atom is -0.343 e. The molecule has 2 rings (SSSR count). The summed E-state index contributed by atoms with van der Waals surface area (Å²) in [4.78, 5) is 26.3. The van der Waals surface area contributed by atoms with E-state index in [0.29, 0.717) is 6.54 Å². The number of aryl methyl sites for hydroxylation is 1. The largest absolute Gasteiger partial charge is 0.343 e. The van der Waals surface area contributed by atoms with E-state index in [1.807, 2.05) is 45.0 Å². The highest BCUT2D eigenvalue weighted by Crippen LogP contribution is 2.21. The molecular weight excluding hydrogens is 252 g/mol. The molecule has 108 valence electrons. The fraction of sp³-hybridized carbons (Fsp3) is 0.500. The summed E-state index contributed by atoms with van der Waals surface area (Å²) in [5, 5.41) is 2.76. The van der Waals surface area contributed by atoms with Gasteiger partial charge in [-0.2, -0.15) is 0 Å². The molecule has 2 amide bonds. The summed E-state index contributed by atoms with van der Waals surface area (Å²) in [7, 11) is 0. The number of carbonyl (C=O) groups is 2. The van der Waals surface area contributed by atoms with Crippen LogP contribution in [0.25, 0.3) is 0 Å². The summed E-state index contributed by atoms with van der Waals surface area (Å²) in [6.07, 6.45) is 0. The van der Waals surface area contributed by atoms with Gasteiger partial charge < -0.3 is 10.2 Å². The van der Waals surface area contributed by atoms with Crippen LogP contribution in [0.4, 0.5) is 0 Å². The van der Waals surface area contributed by atoms with Gasteiger partial charge in [0.05, 0.1) is 0 Å². The highest BCUT2D eigenvalue weighted by Gasteiger charge is 2.40. The van der Waals surface area contributed by atoms with Crippen molar-refractivity contribution < 1.29 is 9.59 Å². The maximum atomic E-state index is 12.4. The maximum Gasteiger partial charge on any atom is 0.245 e. The van der Waals surface area contributed by atoms with Gasteiger partial charge >= 0.3 is 0 Å². The van der Waals surface area contributed by atoms with Crippen molar-refractivity contribution in [2.45, 2.75) is 46.3 Å². The molecule has 1 aromatic rings.